The minimum absolute atomic E-state index is 0.0787. The molecule has 1 atom stereocenters. The summed E-state index contributed by atoms with van der Waals surface area (Å²) in [6.07, 6.45) is 3.52. The van der Waals surface area contributed by atoms with E-state index in [1.54, 1.807) is 24.3 Å². The first-order chi connectivity index (χ1) is 21.4. The highest BCUT2D eigenvalue weighted by Gasteiger charge is 2.32. The van der Waals surface area contributed by atoms with Gasteiger partial charge in [-0.3, -0.25) is 19.5 Å². The third kappa shape index (κ3) is 5.12. The molecular formula is C34H22BrN3O5S. The van der Waals surface area contributed by atoms with Gasteiger partial charge in [-0.05, 0) is 71.5 Å². The minimum Gasteiger partial charge on any atom is -0.423 e. The summed E-state index contributed by atoms with van der Waals surface area (Å²) in [6, 6.07) is 28.3. The van der Waals surface area contributed by atoms with Gasteiger partial charge in [-0.2, -0.15) is 0 Å². The van der Waals surface area contributed by atoms with Crippen LogP contribution in [-0.4, -0.2) is 15.5 Å². The number of rotatable bonds is 5. The summed E-state index contributed by atoms with van der Waals surface area (Å²) in [4.78, 5) is 42.7. The topological polar surface area (TPSA) is 104 Å². The monoisotopic (exact) mass is 663 g/mol. The maximum atomic E-state index is 14.0. The highest BCUT2D eigenvalue weighted by molar-refractivity contribution is 9.10. The average Bonchev–Trinajstić information content (AvgIpc) is 3.35. The largest absolute Gasteiger partial charge is 0.423 e. The lowest BCUT2D eigenvalue weighted by Crippen LogP contribution is -2.38. The van der Waals surface area contributed by atoms with Crippen LogP contribution >= 0.6 is 27.3 Å². The fraction of sp³-hybridized carbons (Fsp3) is 0.0882. The molecule has 216 valence electrons. The highest BCUT2D eigenvalue weighted by Crippen LogP contribution is 2.41. The molecule has 0 saturated heterocycles. The molecule has 0 bridgehead atoms. The van der Waals surface area contributed by atoms with Crippen LogP contribution in [0.4, 0.5) is 5.69 Å². The first kappa shape index (κ1) is 27.9. The third-order valence-electron chi connectivity index (χ3n) is 7.74. The van der Waals surface area contributed by atoms with E-state index in [1.165, 1.54) is 41.2 Å². The molecule has 0 amide bonds. The van der Waals surface area contributed by atoms with Gasteiger partial charge in [-0.25, -0.2) is 9.79 Å². The lowest BCUT2D eigenvalue weighted by atomic mass is 9.83. The number of non-ortho nitro benzene ring substituents is 1. The van der Waals surface area contributed by atoms with Crippen molar-refractivity contribution < 1.29 is 14.5 Å². The van der Waals surface area contributed by atoms with E-state index in [0.29, 0.717) is 9.33 Å². The van der Waals surface area contributed by atoms with Crippen LogP contribution in [0.5, 0.6) is 5.75 Å². The molecule has 5 aromatic rings. The van der Waals surface area contributed by atoms with Gasteiger partial charge >= 0.3 is 5.97 Å². The van der Waals surface area contributed by atoms with Crippen molar-refractivity contribution >= 4 is 50.7 Å². The van der Waals surface area contributed by atoms with Gasteiger partial charge < -0.3 is 4.74 Å². The van der Waals surface area contributed by atoms with Crippen molar-refractivity contribution in [2.75, 3.05) is 0 Å². The number of halogens is 1. The van der Waals surface area contributed by atoms with E-state index in [1.807, 2.05) is 34.9 Å². The molecule has 7 rings (SSSR count). The van der Waals surface area contributed by atoms with Crippen LogP contribution in [0.15, 0.2) is 117 Å². The van der Waals surface area contributed by atoms with Crippen LogP contribution in [0.2, 0.25) is 0 Å². The number of carbonyl (C=O) groups is 1. The lowest BCUT2D eigenvalue weighted by Gasteiger charge is -2.30. The number of fused-ring (bicyclic) bond motifs is 3. The Morgan fingerprint density at radius 3 is 2.55 bits per heavy atom. The van der Waals surface area contributed by atoms with Crippen molar-refractivity contribution in [2.45, 2.75) is 18.9 Å². The Kier molecular flexibility index (Phi) is 7.15. The Bertz CT molecular complexity index is 2180. The Morgan fingerprint density at radius 1 is 1.00 bits per heavy atom. The minimum atomic E-state index is -0.701. The van der Waals surface area contributed by atoms with Gasteiger partial charge in [0, 0.05) is 22.2 Å². The molecule has 0 fully saturated rings. The molecule has 0 radical (unpaired) electrons. The van der Waals surface area contributed by atoms with Crippen LogP contribution in [0.1, 0.15) is 45.1 Å². The molecule has 44 heavy (non-hydrogen) atoms. The summed E-state index contributed by atoms with van der Waals surface area (Å²) in [5.41, 5.74) is 6.00. The van der Waals surface area contributed by atoms with Crippen molar-refractivity contribution in [3.63, 3.8) is 0 Å². The van der Waals surface area contributed by atoms with Gasteiger partial charge in [0.15, 0.2) is 4.80 Å². The van der Waals surface area contributed by atoms with E-state index in [4.69, 9.17) is 9.73 Å². The normalized spacial score (nSPS) is 15.6. The number of nitrogens with zero attached hydrogens (tertiary/aromatic N) is 3. The lowest BCUT2D eigenvalue weighted by molar-refractivity contribution is -0.384. The number of ether oxygens (including phenoxy) is 1. The molecule has 0 spiro atoms. The first-order valence-electron chi connectivity index (χ1n) is 13.8. The van der Waals surface area contributed by atoms with Gasteiger partial charge in [0.2, 0.25) is 0 Å². The van der Waals surface area contributed by atoms with Crippen molar-refractivity contribution in [1.82, 2.24) is 4.57 Å². The van der Waals surface area contributed by atoms with Gasteiger partial charge in [0.25, 0.3) is 11.2 Å². The van der Waals surface area contributed by atoms with Crippen molar-refractivity contribution in [1.29, 1.82) is 0 Å². The van der Waals surface area contributed by atoms with Gasteiger partial charge in [0.05, 0.1) is 26.8 Å². The molecule has 2 heterocycles. The SMILES string of the molecule is O=C(Oc1ccc(/C=c2/sc3n(c2=O)[C@@H](c2ccc(Br)cc2)C2=C(N=3)c3ccccc3CC2)cc1)c1cccc([N+](=O)[O-])c1. The Morgan fingerprint density at radius 2 is 1.77 bits per heavy atom. The molecule has 0 N–H and O–H groups in total. The summed E-state index contributed by atoms with van der Waals surface area (Å²) in [6.45, 7) is 0. The van der Waals surface area contributed by atoms with Gasteiger partial charge in [-0.15, -0.1) is 0 Å². The molecule has 2 aliphatic rings. The number of hydrogen-bond donors (Lipinski definition) is 0. The maximum Gasteiger partial charge on any atom is 0.343 e. The molecule has 0 saturated carbocycles. The summed E-state index contributed by atoms with van der Waals surface area (Å²) in [7, 11) is 0. The van der Waals surface area contributed by atoms with Crippen LogP contribution in [0.25, 0.3) is 11.8 Å². The Labute approximate surface area is 263 Å². The number of hydrogen-bond acceptors (Lipinski definition) is 7. The molecule has 0 unspecified atom stereocenters. The van der Waals surface area contributed by atoms with Crippen molar-refractivity contribution in [3.8, 4) is 5.75 Å². The number of carbonyl (C=O) groups excluding carboxylic acids is 1. The zero-order valence-electron chi connectivity index (χ0n) is 23.0. The van der Waals surface area contributed by atoms with Crippen LogP contribution in [0.3, 0.4) is 0 Å². The van der Waals surface area contributed by atoms with Crippen LogP contribution in [0, 0.1) is 10.1 Å². The maximum absolute atomic E-state index is 14.0. The van der Waals surface area contributed by atoms with Crippen LogP contribution in [-0.2, 0) is 6.42 Å². The smallest absolute Gasteiger partial charge is 0.343 e. The Hall–Kier alpha value is -4.93. The van der Waals surface area contributed by atoms with E-state index in [9.17, 15) is 19.7 Å². The summed E-state index contributed by atoms with van der Waals surface area (Å²) in [5.74, 6) is -0.421. The quantitative estimate of drug-likeness (QED) is 0.0963. The molecule has 1 aromatic heterocycles. The molecular weight excluding hydrogens is 642 g/mol. The number of benzene rings is 4. The van der Waals surface area contributed by atoms with Crippen molar-refractivity contribution in [3.05, 3.63) is 165 Å². The molecule has 8 nitrogen and oxygen atoms in total. The molecule has 1 aliphatic heterocycles. The van der Waals surface area contributed by atoms with E-state index in [2.05, 4.69) is 40.2 Å². The predicted octanol–water partition coefficient (Wildman–Crippen LogP) is 6.21. The predicted molar refractivity (Wildman–Crippen MR) is 171 cm³/mol. The summed E-state index contributed by atoms with van der Waals surface area (Å²) < 4.78 is 8.74. The second-order valence-corrected chi connectivity index (χ2v) is 12.4. The number of nitro benzene ring substituents is 1. The number of nitro groups is 1. The number of esters is 1. The number of thiazole rings is 1. The van der Waals surface area contributed by atoms with Crippen LogP contribution < -0.4 is 19.6 Å². The second-order valence-electron chi connectivity index (χ2n) is 10.4. The fourth-order valence-electron chi connectivity index (χ4n) is 5.66. The Balaban J connectivity index is 1.25. The molecule has 10 heteroatoms. The van der Waals surface area contributed by atoms with Gasteiger partial charge in [0.1, 0.15) is 5.75 Å². The number of allylic oxidation sites excluding steroid dienone is 1. The van der Waals surface area contributed by atoms with Crippen molar-refractivity contribution in [2.24, 2.45) is 4.99 Å². The van der Waals surface area contributed by atoms with Gasteiger partial charge in [-0.1, -0.05) is 81.9 Å². The zero-order valence-corrected chi connectivity index (χ0v) is 25.4. The molecule has 4 aromatic carbocycles. The zero-order chi connectivity index (χ0) is 30.4. The van der Waals surface area contributed by atoms with E-state index < -0.39 is 10.9 Å². The number of aromatic nitrogens is 1. The van der Waals surface area contributed by atoms with E-state index in [-0.39, 0.29) is 28.6 Å². The standard InChI is InChI=1S/C34H22BrN3O5S/c35-24-13-10-22(11-14-24)31-28-17-12-21-4-1-2-7-27(21)30(28)36-34-37(31)32(39)29(44-34)18-20-8-15-26(16-9-20)43-33(40)23-5-3-6-25(19-23)38(41)42/h1-11,13-16,18-19,31H,12,17H2/b29-18+/t31-/m0/s1. The van der Waals surface area contributed by atoms with E-state index in [0.717, 1.165) is 45.3 Å². The fourth-order valence-corrected chi connectivity index (χ4v) is 6.93. The molecule has 1 aliphatic carbocycles. The summed E-state index contributed by atoms with van der Waals surface area (Å²) in [5, 5.41) is 11.0. The first-order valence-corrected chi connectivity index (χ1v) is 15.4. The second kappa shape index (κ2) is 11.3. The number of aryl methyl sites for hydroxylation is 1. The van der Waals surface area contributed by atoms with E-state index >= 15 is 0 Å². The summed E-state index contributed by atoms with van der Waals surface area (Å²) >= 11 is 4.88. The average molecular weight is 665 g/mol. The highest BCUT2D eigenvalue weighted by atomic mass is 79.9. The third-order valence-corrected chi connectivity index (χ3v) is 9.25.